The van der Waals surface area contributed by atoms with Crippen LogP contribution in [0.3, 0.4) is 0 Å². The van der Waals surface area contributed by atoms with Crippen LogP contribution in [-0.2, 0) is 4.79 Å². The summed E-state index contributed by atoms with van der Waals surface area (Å²) in [5.74, 6) is 0.778. The van der Waals surface area contributed by atoms with Gasteiger partial charge < -0.3 is 15.3 Å². The van der Waals surface area contributed by atoms with Crippen molar-refractivity contribution in [1.82, 2.24) is 0 Å². The van der Waals surface area contributed by atoms with Crippen molar-refractivity contribution in [2.45, 2.75) is 118 Å². The molecule has 0 heterocycles. The Balaban J connectivity index is 1.51. The molecule has 0 aromatic heterocycles. The number of aliphatic hydroxyl groups is 2. The van der Waals surface area contributed by atoms with E-state index < -0.39 is 17.5 Å². The lowest BCUT2D eigenvalue weighted by Crippen LogP contribution is -2.61. The molecule has 0 amide bonds. The van der Waals surface area contributed by atoms with Gasteiger partial charge in [0.25, 0.3) is 0 Å². The van der Waals surface area contributed by atoms with Crippen molar-refractivity contribution in [1.29, 1.82) is 0 Å². The minimum atomic E-state index is -1.05. The second-order valence-electron chi connectivity index (χ2n) is 14.7. The molecule has 4 saturated carbocycles. The molecule has 0 aromatic carbocycles. The predicted octanol–water partition coefficient (Wildman–Crippen LogP) is 6.20. The van der Waals surface area contributed by atoms with Crippen molar-refractivity contribution in [3.63, 3.8) is 0 Å². The minimum Gasteiger partial charge on any atom is -0.481 e. The van der Waals surface area contributed by atoms with E-state index in [1.165, 1.54) is 6.42 Å². The predicted molar refractivity (Wildman–Crippen MR) is 134 cm³/mol. The van der Waals surface area contributed by atoms with E-state index >= 15 is 0 Å². The average Bonchev–Trinajstić information content (AvgIpc) is 2.91. The van der Waals surface area contributed by atoms with Crippen LogP contribution in [0.5, 0.6) is 0 Å². The van der Waals surface area contributed by atoms with Crippen molar-refractivity contribution in [2.24, 2.45) is 50.7 Å². The van der Waals surface area contributed by atoms with Crippen molar-refractivity contribution >= 4 is 5.97 Å². The number of aliphatic carboxylic acids is 1. The van der Waals surface area contributed by atoms with E-state index in [2.05, 4.69) is 40.7 Å². The zero-order valence-corrected chi connectivity index (χ0v) is 22.4. The van der Waals surface area contributed by atoms with Gasteiger partial charge >= 0.3 is 5.97 Å². The van der Waals surface area contributed by atoms with Crippen LogP contribution in [-0.4, -0.2) is 33.5 Å². The van der Waals surface area contributed by atoms with E-state index in [1.807, 2.05) is 6.92 Å². The van der Waals surface area contributed by atoms with Crippen LogP contribution >= 0.6 is 0 Å². The first-order chi connectivity index (χ1) is 15.7. The Bertz CT molecular complexity index is 892. The molecule has 192 valence electrons. The number of hydrogen-bond acceptors (Lipinski definition) is 3. The number of rotatable bonds is 1. The summed E-state index contributed by atoms with van der Waals surface area (Å²) in [6.07, 6.45) is 11.7. The lowest BCUT2D eigenvalue weighted by atomic mass is 9.41. The molecule has 0 spiro atoms. The summed E-state index contributed by atoms with van der Waals surface area (Å²) in [6.45, 7) is 13.8. The van der Waals surface area contributed by atoms with Crippen molar-refractivity contribution in [2.75, 3.05) is 0 Å². The highest BCUT2D eigenvalue weighted by atomic mass is 16.4. The molecule has 5 aliphatic carbocycles. The summed E-state index contributed by atoms with van der Waals surface area (Å²) in [4.78, 5) is 12.5. The Kier molecular flexibility index (Phi) is 5.52. The van der Waals surface area contributed by atoms with Crippen LogP contribution in [0.4, 0.5) is 0 Å². The molecule has 4 fully saturated rings. The largest absolute Gasteiger partial charge is 0.481 e. The van der Waals surface area contributed by atoms with Crippen LogP contribution in [0.2, 0.25) is 0 Å². The SMILES string of the molecule is CC1(C)[C@H](O)CC[C@]2(C)[C@H]3CC[C@@H]4[C@@](C)(CC[C@H]5[C@]4(C)CC[C@H](O)[C@]5(C)C(=O)O)CC3=CC[C@@H]12. The third kappa shape index (κ3) is 3.06. The third-order valence-corrected chi connectivity index (χ3v) is 13.0. The van der Waals surface area contributed by atoms with Gasteiger partial charge in [-0.1, -0.05) is 46.3 Å². The van der Waals surface area contributed by atoms with Gasteiger partial charge in [-0.25, -0.2) is 0 Å². The Morgan fingerprint density at radius 3 is 2.12 bits per heavy atom. The van der Waals surface area contributed by atoms with Crippen molar-refractivity contribution in [3.8, 4) is 0 Å². The number of hydrogen-bond donors (Lipinski definition) is 3. The van der Waals surface area contributed by atoms with Crippen LogP contribution in [0.1, 0.15) is 106 Å². The molecule has 0 unspecified atom stereocenters. The monoisotopic (exact) mass is 472 g/mol. The highest BCUT2D eigenvalue weighted by Crippen LogP contribution is 2.70. The number of carboxylic acids is 1. The van der Waals surface area contributed by atoms with E-state index in [4.69, 9.17) is 0 Å². The van der Waals surface area contributed by atoms with Crippen LogP contribution < -0.4 is 0 Å². The fourth-order valence-corrected chi connectivity index (χ4v) is 10.9. The van der Waals surface area contributed by atoms with Gasteiger partial charge in [-0.3, -0.25) is 4.79 Å². The van der Waals surface area contributed by atoms with Crippen LogP contribution in [0, 0.1) is 50.7 Å². The molecule has 5 aliphatic rings. The Morgan fingerprint density at radius 1 is 0.794 bits per heavy atom. The molecule has 3 N–H and O–H groups in total. The smallest absolute Gasteiger partial charge is 0.312 e. The number of aliphatic hydroxyl groups excluding tert-OH is 2. The summed E-state index contributed by atoms with van der Waals surface area (Å²) in [7, 11) is 0. The van der Waals surface area contributed by atoms with Gasteiger partial charge in [-0.15, -0.1) is 0 Å². The first-order valence-electron chi connectivity index (χ1n) is 14.0. The Labute approximate surface area is 206 Å². The molecule has 0 aromatic rings. The zero-order chi connectivity index (χ0) is 24.9. The maximum Gasteiger partial charge on any atom is 0.312 e. The lowest BCUT2D eigenvalue weighted by molar-refractivity contribution is -0.199. The maximum absolute atomic E-state index is 12.5. The van der Waals surface area contributed by atoms with Crippen LogP contribution in [0.15, 0.2) is 11.6 Å². The molecule has 0 saturated heterocycles. The number of carboxylic acid groups (broad SMARTS) is 1. The fraction of sp³-hybridized carbons (Fsp3) is 0.900. The second-order valence-corrected chi connectivity index (χ2v) is 14.7. The van der Waals surface area contributed by atoms with Gasteiger partial charge in [0, 0.05) is 0 Å². The average molecular weight is 473 g/mol. The molecule has 10 atom stereocenters. The van der Waals surface area contributed by atoms with Gasteiger partial charge in [0.05, 0.1) is 17.6 Å². The summed E-state index contributed by atoms with van der Waals surface area (Å²) in [5.41, 5.74) is 0.936. The first-order valence-corrected chi connectivity index (χ1v) is 14.0. The van der Waals surface area contributed by atoms with E-state index in [9.17, 15) is 20.1 Å². The van der Waals surface area contributed by atoms with Crippen molar-refractivity contribution in [3.05, 3.63) is 11.6 Å². The maximum atomic E-state index is 12.5. The number of fused-ring (bicyclic) bond motifs is 6. The van der Waals surface area contributed by atoms with Gasteiger partial charge in [0.15, 0.2) is 0 Å². The molecule has 0 aliphatic heterocycles. The van der Waals surface area contributed by atoms with Gasteiger partial charge in [0.1, 0.15) is 0 Å². The van der Waals surface area contributed by atoms with E-state index in [0.717, 1.165) is 51.4 Å². The van der Waals surface area contributed by atoms with Gasteiger partial charge in [0.2, 0.25) is 0 Å². The normalized spacial score (nSPS) is 54.4. The first kappa shape index (κ1) is 24.8. The second kappa shape index (κ2) is 7.57. The van der Waals surface area contributed by atoms with Crippen molar-refractivity contribution < 1.29 is 20.1 Å². The summed E-state index contributed by atoms with van der Waals surface area (Å²) < 4.78 is 0. The lowest BCUT2D eigenvalue weighted by Gasteiger charge is -2.63. The topological polar surface area (TPSA) is 77.8 Å². The number of allylic oxidation sites excluding steroid dienone is 2. The summed E-state index contributed by atoms with van der Waals surface area (Å²) in [6, 6.07) is 0. The summed E-state index contributed by atoms with van der Waals surface area (Å²) >= 11 is 0. The van der Waals surface area contributed by atoms with E-state index in [1.54, 1.807) is 5.57 Å². The summed E-state index contributed by atoms with van der Waals surface area (Å²) in [5, 5.41) is 32.0. The standard InChI is InChI=1S/C30H48O4/c1-26(2)20-9-7-18-17-27(3)14-11-22-29(5,16-13-24(32)30(22,6)25(33)34)21(27)10-8-19(18)28(20,4)15-12-23(26)31/h7,19-24,31-32H,8-17H2,1-6H3,(H,33,34)/t19-,20-,21+,22-,23+,24-,27-,28+,29+,30+/m0/s1. The Hall–Kier alpha value is -0.870. The Morgan fingerprint density at radius 2 is 1.44 bits per heavy atom. The molecular formula is C30H48O4. The van der Waals surface area contributed by atoms with E-state index in [-0.39, 0.29) is 33.7 Å². The van der Waals surface area contributed by atoms with Gasteiger partial charge in [-0.2, -0.15) is 0 Å². The molecule has 34 heavy (non-hydrogen) atoms. The highest BCUT2D eigenvalue weighted by molar-refractivity contribution is 5.76. The molecule has 4 nitrogen and oxygen atoms in total. The highest BCUT2D eigenvalue weighted by Gasteiger charge is 2.65. The zero-order valence-electron chi connectivity index (χ0n) is 22.4. The number of carbonyl (C=O) groups is 1. The fourth-order valence-electron chi connectivity index (χ4n) is 10.9. The van der Waals surface area contributed by atoms with Gasteiger partial charge in [-0.05, 0) is 116 Å². The minimum absolute atomic E-state index is 0.0283. The molecule has 5 rings (SSSR count). The molecule has 0 radical (unpaired) electrons. The third-order valence-electron chi connectivity index (χ3n) is 13.0. The van der Waals surface area contributed by atoms with Crippen LogP contribution in [0.25, 0.3) is 0 Å². The molecular weight excluding hydrogens is 424 g/mol. The molecule has 0 bridgehead atoms. The molecule has 4 heteroatoms. The van der Waals surface area contributed by atoms with E-state index in [0.29, 0.717) is 24.2 Å². The quantitative estimate of drug-likeness (QED) is 0.397.